The number of esters is 1. The fourth-order valence-corrected chi connectivity index (χ4v) is 3.58. The molecule has 2 heterocycles. The Morgan fingerprint density at radius 1 is 1.06 bits per heavy atom. The second-order valence-corrected chi connectivity index (χ2v) is 7.92. The third-order valence-corrected chi connectivity index (χ3v) is 5.70. The first-order valence-electron chi connectivity index (χ1n) is 9.95. The summed E-state index contributed by atoms with van der Waals surface area (Å²) in [5, 5.41) is 6.13. The SMILES string of the molecule is COC(=O)c1cc(-c2ccc(C=C3C(=O)N(c4ccc(C)c(C)c4)N=C3C)o2)ccc1Cl. The number of hydrogen-bond donors (Lipinski definition) is 0. The lowest BCUT2D eigenvalue weighted by Gasteiger charge is -2.13. The van der Waals surface area contributed by atoms with E-state index in [-0.39, 0.29) is 11.5 Å². The summed E-state index contributed by atoms with van der Waals surface area (Å²) in [6, 6.07) is 14.3. The average molecular weight is 449 g/mol. The van der Waals surface area contributed by atoms with Gasteiger partial charge < -0.3 is 9.15 Å². The number of halogens is 1. The van der Waals surface area contributed by atoms with Crippen molar-refractivity contribution >= 4 is 41.0 Å². The number of rotatable bonds is 4. The van der Waals surface area contributed by atoms with E-state index in [0.29, 0.717) is 33.4 Å². The number of carbonyl (C=O) groups is 2. The molecule has 1 aromatic heterocycles. The minimum atomic E-state index is -0.527. The maximum absolute atomic E-state index is 13.0. The molecule has 0 fully saturated rings. The Morgan fingerprint density at radius 2 is 1.84 bits per heavy atom. The Bertz CT molecular complexity index is 1300. The molecule has 1 amide bonds. The van der Waals surface area contributed by atoms with Crippen LogP contribution in [0.3, 0.4) is 0 Å². The van der Waals surface area contributed by atoms with Crippen LogP contribution in [-0.4, -0.2) is 24.7 Å². The lowest BCUT2D eigenvalue weighted by molar-refractivity contribution is -0.114. The van der Waals surface area contributed by atoms with Gasteiger partial charge in [-0.2, -0.15) is 10.1 Å². The van der Waals surface area contributed by atoms with Crippen molar-refractivity contribution in [2.75, 3.05) is 12.1 Å². The highest BCUT2D eigenvalue weighted by atomic mass is 35.5. The van der Waals surface area contributed by atoms with Crippen LogP contribution < -0.4 is 5.01 Å². The normalized spacial score (nSPS) is 14.8. The molecule has 0 atom stereocenters. The maximum atomic E-state index is 13.0. The van der Waals surface area contributed by atoms with Gasteiger partial charge in [0.1, 0.15) is 11.5 Å². The number of carbonyl (C=O) groups excluding carboxylic acids is 2. The van der Waals surface area contributed by atoms with E-state index in [1.165, 1.54) is 12.1 Å². The summed E-state index contributed by atoms with van der Waals surface area (Å²) in [5.41, 5.74) is 4.93. The van der Waals surface area contributed by atoms with Gasteiger partial charge in [0.05, 0.1) is 34.7 Å². The summed E-state index contributed by atoms with van der Waals surface area (Å²) in [7, 11) is 1.30. The molecular formula is C25H21ClN2O4. The van der Waals surface area contributed by atoms with E-state index in [9.17, 15) is 9.59 Å². The standard InChI is InChI=1S/C25H21ClN2O4/c1-14-5-7-18(11-15(14)2)28-24(29)20(16(3)27-28)13-19-8-10-23(32-19)17-6-9-22(26)21(12-17)25(30)31-4/h5-13H,1-4H3. The van der Waals surface area contributed by atoms with Gasteiger partial charge in [0.15, 0.2) is 0 Å². The molecule has 1 aliphatic heterocycles. The number of methoxy groups -OCH3 is 1. The zero-order chi connectivity index (χ0) is 23.0. The predicted octanol–water partition coefficient (Wildman–Crippen LogP) is 5.81. The average Bonchev–Trinajstić information content (AvgIpc) is 3.36. The van der Waals surface area contributed by atoms with Crippen molar-refractivity contribution in [3.63, 3.8) is 0 Å². The number of amides is 1. The van der Waals surface area contributed by atoms with E-state index in [0.717, 1.165) is 16.8 Å². The Labute approximate surface area is 190 Å². The summed E-state index contributed by atoms with van der Waals surface area (Å²) in [4.78, 5) is 24.9. The molecule has 0 radical (unpaired) electrons. The highest BCUT2D eigenvalue weighted by Crippen LogP contribution is 2.30. The summed E-state index contributed by atoms with van der Waals surface area (Å²) in [6.07, 6.45) is 1.67. The van der Waals surface area contributed by atoms with Crippen LogP contribution in [0, 0.1) is 13.8 Å². The monoisotopic (exact) mass is 448 g/mol. The Balaban J connectivity index is 1.62. The quantitative estimate of drug-likeness (QED) is 0.373. The number of ether oxygens (including phenoxy) is 1. The molecule has 0 aliphatic carbocycles. The Kier molecular flexibility index (Phi) is 5.72. The van der Waals surface area contributed by atoms with Crippen LogP contribution in [-0.2, 0) is 9.53 Å². The first-order chi connectivity index (χ1) is 15.3. The van der Waals surface area contributed by atoms with E-state index in [2.05, 4.69) is 5.10 Å². The molecule has 0 bridgehead atoms. The number of anilines is 1. The van der Waals surface area contributed by atoms with Gasteiger partial charge in [-0.15, -0.1) is 0 Å². The van der Waals surface area contributed by atoms with Crippen LogP contribution in [0.5, 0.6) is 0 Å². The molecule has 0 unspecified atom stereocenters. The van der Waals surface area contributed by atoms with Gasteiger partial charge >= 0.3 is 5.97 Å². The van der Waals surface area contributed by atoms with Crippen LogP contribution >= 0.6 is 11.6 Å². The smallest absolute Gasteiger partial charge is 0.339 e. The fraction of sp³-hybridized carbons (Fsp3) is 0.160. The van der Waals surface area contributed by atoms with Gasteiger partial charge in [0, 0.05) is 5.56 Å². The molecule has 7 heteroatoms. The number of nitrogens with zero attached hydrogens (tertiary/aromatic N) is 2. The van der Waals surface area contributed by atoms with Gasteiger partial charge in [-0.1, -0.05) is 17.7 Å². The summed E-state index contributed by atoms with van der Waals surface area (Å²) < 4.78 is 10.7. The fourth-order valence-electron chi connectivity index (χ4n) is 3.39. The van der Waals surface area contributed by atoms with Crippen LogP contribution in [0.2, 0.25) is 5.02 Å². The molecule has 32 heavy (non-hydrogen) atoms. The van der Waals surface area contributed by atoms with Crippen LogP contribution in [0.15, 0.2) is 63.6 Å². The summed E-state index contributed by atoms with van der Waals surface area (Å²) >= 11 is 6.09. The van der Waals surface area contributed by atoms with E-state index < -0.39 is 5.97 Å². The Hall–Kier alpha value is -3.64. The van der Waals surface area contributed by atoms with E-state index >= 15 is 0 Å². The van der Waals surface area contributed by atoms with Crippen molar-refractivity contribution in [3.8, 4) is 11.3 Å². The Morgan fingerprint density at radius 3 is 2.56 bits per heavy atom. The number of furan rings is 1. The van der Waals surface area contributed by atoms with Crippen LogP contribution in [0.4, 0.5) is 5.69 Å². The van der Waals surface area contributed by atoms with Gasteiger partial charge in [0.25, 0.3) is 5.91 Å². The predicted molar refractivity (Wildman–Crippen MR) is 125 cm³/mol. The number of hydrogen-bond acceptors (Lipinski definition) is 5. The van der Waals surface area contributed by atoms with Gasteiger partial charge in [-0.3, -0.25) is 4.79 Å². The van der Waals surface area contributed by atoms with Gasteiger partial charge in [-0.05, 0) is 80.4 Å². The third kappa shape index (κ3) is 3.97. The number of hydrazone groups is 1. The minimum absolute atomic E-state index is 0.219. The zero-order valence-corrected chi connectivity index (χ0v) is 18.9. The molecule has 1 aliphatic rings. The maximum Gasteiger partial charge on any atom is 0.339 e. The molecule has 3 aromatic rings. The topological polar surface area (TPSA) is 72.1 Å². The largest absolute Gasteiger partial charge is 0.465 e. The van der Waals surface area contributed by atoms with Crippen LogP contribution in [0.25, 0.3) is 17.4 Å². The van der Waals surface area contributed by atoms with E-state index in [1.54, 1.807) is 43.3 Å². The first kappa shape index (κ1) is 21.6. The van der Waals surface area contributed by atoms with Crippen molar-refractivity contribution < 1.29 is 18.7 Å². The number of benzene rings is 2. The number of aryl methyl sites for hydroxylation is 2. The highest BCUT2D eigenvalue weighted by molar-refractivity contribution is 6.33. The van der Waals surface area contributed by atoms with Crippen molar-refractivity contribution in [1.82, 2.24) is 0 Å². The molecule has 0 saturated heterocycles. The molecule has 0 saturated carbocycles. The molecular weight excluding hydrogens is 428 g/mol. The molecule has 0 spiro atoms. The highest BCUT2D eigenvalue weighted by Gasteiger charge is 2.29. The third-order valence-electron chi connectivity index (χ3n) is 5.37. The van der Waals surface area contributed by atoms with E-state index in [4.69, 9.17) is 20.8 Å². The van der Waals surface area contributed by atoms with Gasteiger partial charge in [-0.25, -0.2) is 4.79 Å². The minimum Gasteiger partial charge on any atom is -0.465 e. The molecule has 2 aromatic carbocycles. The molecule has 4 rings (SSSR count). The lowest BCUT2D eigenvalue weighted by atomic mass is 10.1. The van der Waals surface area contributed by atoms with E-state index in [1.807, 2.05) is 32.0 Å². The molecule has 6 nitrogen and oxygen atoms in total. The van der Waals surface area contributed by atoms with Crippen molar-refractivity contribution in [1.29, 1.82) is 0 Å². The second-order valence-electron chi connectivity index (χ2n) is 7.52. The molecule has 162 valence electrons. The van der Waals surface area contributed by atoms with Gasteiger partial charge in [0.2, 0.25) is 0 Å². The summed E-state index contributed by atoms with van der Waals surface area (Å²) in [5.74, 6) is 0.280. The zero-order valence-electron chi connectivity index (χ0n) is 18.1. The van der Waals surface area contributed by atoms with Crippen molar-refractivity contribution in [2.45, 2.75) is 20.8 Å². The summed E-state index contributed by atoms with van der Waals surface area (Å²) in [6.45, 7) is 5.81. The van der Waals surface area contributed by atoms with Crippen molar-refractivity contribution in [2.24, 2.45) is 5.10 Å². The lowest BCUT2D eigenvalue weighted by Crippen LogP contribution is -2.21. The first-order valence-corrected chi connectivity index (χ1v) is 10.3. The van der Waals surface area contributed by atoms with Crippen LogP contribution in [0.1, 0.15) is 34.2 Å². The second kappa shape index (κ2) is 8.48. The molecule has 0 N–H and O–H groups in total. The van der Waals surface area contributed by atoms with Crippen molar-refractivity contribution in [3.05, 3.63) is 81.6 Å².